The average molecular weight is 332 g/mol. The molecule has 2 aromatic heterocycles. The summed E-state index contributed by atoms with van der Waals surface area (Å²) in [6.07, 6.45) is 2.20. The van der Waals surface area contributed by atoms with Crippen molar-refractivity contribution in [2.24, 2.45) is 17.3 Å². The highest BCUT2D eigenvalue weighted by Crippen LogP contribution is 2.59. The topological polar surface area (TPSA) is 96.5 Å². The van der Waals surface area contributed by atoms with E-state index in [0.29, 0.717) is 24.0 Å². The number of aromatic amines is 1. The molecule has 1 aliphatic carbocycles. The molecule has 0 saturated heterocycles. The van der Waals surface area contributed by atoms with E-state index in [4.69, 9.17) is 0 Å². The molecule has 2 atom stereocenters. The lowest BCUT2D eigenvalue weighted by Crippen LogP contribution is -2.26. The Balaban J connectivity index is 1.59. The fraction of sp³-hybridized carbons (Fsp3) is 0.533. The smallest absolute Gasteiger partial charge is 0.224 e. The van der Waals surface area contributed by atoms with E-state index in [1.165, 1.54) is 16.9 Å². The van der Waals surface area contributed by atoms with E-state index in [-0.39, 0.29) is 17.2 Å². The Morgan fingerprint density at radius 3 is 2.91 bits per heavy atom. The number of hydrogen-bond donors (Lipinski definition) is 2. The van der Waals surface area contributed by atoms with E-state index >= 15 is 0 Å². The first kappa shape index (κ1) is 15.8. The van der Waals surface area contributed by atoms with Crippen molar-refractivity contribution >= 4 is 17.2 Å². The van der Waals surface area contributed by atoms with Gasteiger partial charge >= 0.3 is 0 Å². The Labute approximate surface area is 138 Å². The van der Waals surface area contributed by atoms with Crippen molar-refractivity contribution in [3.8, 4) is 11.5 Å². The predicted molar refractivity (Wildman–Crippen MR) is 87.3 cm³/mol. The zero-order valence-corrected chi connectivity index (χ0v) is 14.4. The molecule has 2 unspecified atom stereocenters. The lowest BCUT2D eigenvalue weighted by Gasteiger charge is -2.04. The minimum Gasteiger partial charge on any atom is -0.349 e. The quantitative estimate of drug-likeness (QED) is 0.818. The van der Waals surface area contributed by atoms with E-state index in [9.17, 15) is 4.79 Å². The molecule has 2 aromatic rings. The fourth-order valence-corrected chi connectivity index (χ4v) is 3.60. The fourth-order valence-electron chi connectivity index (χ4n) is 2.89. The van der Waals surface area contributed by atoms with Crippen LogP contribution in [0.25, 0.3) is 11.5 Å². The van der Waals surface area contributed by atoms with Crippen LogP contribution in [-0.2, 0) is 11.3 Å². The van der Waals surface area contributed by atoms with Gasteiger partial charge in [0.05, 0.1) is 12.5 Å². The van der Waals surface area contributed by atoms with Gasteiger partial charge in [-0.1, -0.05) is 25.5 Å². The molecule has 122 valence electrons. The third kappa shape index (κ3) is 3.17. The van der Waals surface area contributed by atoms with Crippen molar-refractivity contribution in [3.63, 3.8) is 0 Å². The molecule has 2 N–H and O–H groups in total. The van der Waals surface area contributed by atoms with Gasteiger partial charge < -0.3 is 5.32 Å². The molecular weight excluding hydrogens is 312 g/mol. The average Bonchev–Trinajstić information content (AvgIpc) is 2.96. The highest BCUT2D eigenvalue weighted by Gasteiger charge is 2.60. The number of rotatable bonds is 5. The summed E-state index contributed by atoms with van der Waals surface area (Å²) in [4.78, 5) is 16.8. The Morgan fingerprint density at radius 1 is 1.48 bits per heavy atom. The zero-order chi connectivity index (χ0) is 16.6. The molecule has 3 rings (SSSR count). The number of carbonyl (C=O) groups is 1. The minimum absolute atomic E-state index is 0.0278. The maximum Gasteiger partial charge on any atom is 0.224 e. The van der Waals surface area contributed by atoms with E-state index in [1.54, 1.807) is 0 Å². The van der Waals surface area contributed by atoms with Crippen molar-refractivity contribution in [1.82, 2.24) is 30.9 Å². The molecule has 0 aliphatic heterocycles. The molecule has 2 heterocycles. The lowest BCUT2D eigenvalue weighted by molar-refractivity contribution is -0.123. The molecule has 7 nitrogen and oxygen atoms in total. The second-order valence-corrected chi connectivity index (χ2v) is 7.59. The van der Waals surface area contributed by atoms with Crippen LogP contribution in [0.1, 0.15) is 32.7 Å². The first-order valence-corrected chi connectivity index (χ1v) is 8.38. The van der Waals surface area contributed by atoms with Gasteiger partial charge in [0.25, 0.3) is 0 Å². The molecule has 1 fully saturated rings. The Hall–Kier alpha value is -2.09. The summed E-state index contributed by atoms with van der Waals surface area (Å²) >= 11 is 1.47. The normalized spacial score (nSPS) is 21.7. The Kier molecular flexibility index (Phi) is 4.01. The van der Waals surface area contributed by atoms with Crippen LogP contribution in [0.3, 0.4) is 0 Å². The number of nitrogens with zero attached hydrogens (tertiary/aromatic N) is 4. The summed E-state index contributed by atoms with van der Waals surface area (Å²) in [6, 6.07) is 0. The van der Waals surface area contributed by atoms with Gasteiger partial charge in [-0.25, -0.2) is 4.98 Å². The number of hydrogen-bond acceptors (Lipinski definition) is 6. The second-order valence-electron chi connectivity index (χ2n) is 6.65. The highest BCUT2D eigenvalue weighted by atomic mass is 32.1. The number of tetrazole rings is 1. The number of nitrogens with one attached hydrogen (secondary N) is 2. The molecule has 8 heteroatoms. The van der Waals surface area contributed by atoms with Crippen LogP contribution in [0.15, 0.2) is 17.0 Å². The maximum atomic E-state index is 12.4. The van der Waals surface area contributed by atoms with Gasteiger partial charge in [0.2, 0.25) is 11.7 Å². The molecule has 0 aromatic carbocycles. The van der Waals surface area contributed by atoms with Crippen molar-refractivity contribution in [2.45, 2.75) is 34.2 Å². The number of aromatic nitrogens is 5. The first-order chi connectivity index (χ1) is 10.9. The molecule has 0 spiro atoms. The van der Waals surface area contributed by atoms with Gasteiger partial charge in [-0.2, -0.15) is 5.21 Å². The molecular formula is C15H20N6OS. The molecule has 1 amide bonds. The third-order valence-electron chi connectivity index (χ3n) is 4.25. The monoisotopic (exact) mass is 332 g/mol. The first-order valence-electron chi connectivity index (χ1n) is 7.50. The summed E-state index contributed by atoms with van der Waals surface area (Å²) in [5, 5.41) is 19.4. The van der Waals surface area contributed by atoms with Crippen LogP contribution in [0.4, 0.5) is 0 Å². The molecule has 0 radical (unpaired) electrons. The van der Waals surface area contributed by atoms with Crippen LogP contribution in [-0.4, -0.2) is 31.5 Å². The van der Waals surface area contributed by atoms with Crippen LogP contribution in [0.2, 0.25) is 0 Å². The van der Waals surface area contributed by atoms with Gasteiger partial charge in [-0.3, -0.25) is 4.79 Å². The summed E-state index contributed by atoms with van der Waals surface area (Å²) < 4.78 is 0. The van der Waals surface area contributed by atoms with Crippen LogP contribution < -0.4 is 5.32 Å². The number of carbonyl (C=O) groups excluding carboxylic acids is 1. The number of allylic oxidation sites excluding steroid dienone is 2. The number of thiazole rings is 1. The van der Waals surface area contributed by atoms with Crippen molar-refractivity contribution in [1.29, 1.82) is 0 Å². The Morgan fingerprint density at radius 2 is 2.26 bits per heavy atom. The standard InChI is InChI=1S/C15H20N6OS/c1-8(2)5-9-12(15(9,3)4)14(22)16-6-11-17-10(7-23-11)13-18-20-21-19-13/h5,7,9,12H,6H2,1-4H3,(H,16,22)(H,18,19,20,21). The van der Waals surface area contributed by atoms with Crippen LogP contribution in [0, 0.1) is 17.3 Å². The van der Waals surface area contributed by atoms with Crippen molar-refractivity contribution < 1.29 is 4.79 Å². The van der Waals surface area contributed by atoms with Crippen molar-refractivity contribution in [2.75, 3.05) is 0 Å². The molecule has 1 aliphatic rings. The SMILES string of the molecule is CC(C)=CC1C(C(=O)NCc2nc(-c3nn[nH]n3)cs2)C1(C)C. The summed E-state index contributed by atoms with van der Waals surface area (Å²) in [6.45, 7) is 8.84. The van der Waals surface area contributed by atoms with Gasteiger partial charge in [-0.15, -0.1) is 21.5 Å². The largest absolute Gasteiger partial charge is 0.349 e. The predicted octanol–water partition coefficient (Wildman–Crippen LogP) is 2.18. The van der Waals surface area contributed by atoms with Crippen LogP contribution in [0.5, 0.6) is 0 Å². The second kappa shape index (κ2) is 5.84. The van der Waals surface area contributed by atoms with Crippen molar-refractivity contribution in [3.05, 3.63) is 22.0 Å². The molecule has 0 bridgehead atoms. The molecule has 23 heavy (non-hydrogen) atoms. The Bertz CT molecular complexity index is 729. The highest BCUT2D eigenvalue weighted by molar-refractivity contribution is 7.09. The summed E-state index contributed by atoms with van der Waals surface area (Å²) in [5.74, 6) is 0.910. The maximum absolute atomic E-state index is 12.4. The van der Waals surface area contributed by atoms with E-state index in [0.717, 1.165) is 5.01 Å². The van der Waals surface area contributed by atoms with Gasteiger partial charge in [-0.05, 0) is 30.4 Å². The van der Waals surface area contributed by atoms with E-state index in [1.807, 2.05) is 5.38 Å². The lowest BCUT2D eigenvalue weighted by atomic mass is 10.1. The van der Waals surface area contributed by atoms with E-state index < -0.39 is 0 Å². The van der Waals surface area contributed by atoms with Gasteiger partial charge in [0.1, 0.15) is 10.7 Å². The van der Waals surface area contributed by atoms with E-state index in [2.05, 4.69) is 64.7 Å². The third-order valence-corrected chi connectivity index (χ3v) is 5.09. The summed E-state index contributed by atoms with van der Waals surface area (Å²) in [7, 11) is 0. The molecule has 1 saturated carbocycles. The van der Waals surface area contributed by atoms with Crippen LogP contribution >= 0.6 is 11.3 Å². The number of amides is 1. The summed E-state index contributed by atoms with van der Waals surface area (Å²) in [5.41, 5.74) is 1.95. The minimum atomic E-state index is 0.0278. The number of H-pyrrole nitrogens is 1. The van der Waals surface area contributed by atoms with Gasteiger partial charge in [0.15, 0.2) is 0 Å². The van der Waals surface area contributed by atoms with Gasteiger partial charge in [0, 0.05) is 5.38 Å². The zero-order valence-electron chi connectivity index (χ0n) is 13.6.